The Morgan fingerprint density at radius 2 is 2.24 bits per heavy atom. The van der Waals surface area contributed by atoms with Crippen molar-refractivity contribution >= 4 is 17.2 Å². The van der Waals surface area contributed by atoms with Crippen LogP contribution in [0.1, 0.15) is 19.5 Å². The zero-order chi connectivity index (χ0) is 13.0. The van der Waals surface area contributed by atoms with Gasteiger partial charge in [0.05, 0.1) is 0 Å². The Morgan fingerprint density at radius 3 is 2.65 bits per heavy atom. The highest BCUT2D eigenvalue weighted by Crippen LogP contribution is 2.02. The van der Waals surface area contributed by atoms with Gasteiger partial charge in [-0.1, -0.05) is 23.5 Å². The lowest BCUT2D eigenvalue weighted by molar-refractivity contribution is -0.131. The van der Waals surface area contributed by atoms with Gasteiger partial charge in [0.15, 0.2) is 0 Å². The Labute approximate surface area is 105 Å². The first-order valence-corrected chi connectivity index (χ1v) is 6.40. The molecular formula is C12H18N2O2S. The summed E-state index contributed by atoms with van der Waals surface area (Å²) in [6.07, 6.45) is 0. The summed E-state index contributed by atoms with van der Waals surface area (Å²) in [6, 6.07) is 0. The molecule has 1 heterocycles. The van der Waals surface area contributed by atoms with Crippen molar-refractivity contribution in [2.24, 2.45) is 0 Å². The second-order valence-corrected chi connectivity index (χ2v) is 4.91. The second kappa shape index (κ2) is 5.82. The maximum Gasteiger partial charge on any atom is 0.307 e. The molecule has 4 nitrogen and oxygen atoms in total. The van der Waals surface area contributed by atoms with Gasteiger partial charge in [0.2, 0.25) is 5.91 Å². The van der Waals surface area contributed by atoms with E-state index in [4.69, 9.17) is 0 Å². The minimum absolute atomic E-state index is 0.0425. The van der Waals surface area contributed by atoms with Crippen LogP contribution >= 0.6 is 11.3 Å². The number of thiazole rings is 1. The molecule has 1 aromatic heterocycles. The highest BCUT2D eigenvalue weighted by atomic mass is 32.1. The zero-order valence-electron chi connectivity index (χ0n) is 10.5. The zero-order valence-corrected chi connectivity index (χ0v) is 11.3. The molecule has 0 spiro atoms. The van der Waals surface area contributed by atoms with Crippen molar-refractivity contribution in [3.05, 3.63) is 32.9 Å². The summed E-state index contributed by atoms with van der Waals surface area (Å²) in [5.74, 6) is -0.0425. The van der Waals surface area contributed by atoms with Crippen LogP contribution in [-0.2, 0) is 11.3 Å². The normalized spacial score (nSPS) is 10.3. The lowest BCUT2D eigenvalue weighted by atomic mass is 10.3. The third-order valence-corrected chi connectivity index (χ3v) is 3.35. The van der Waals surface area contributed by atoms with Crippen LogP contribution in [0.4, 0.5) is 0 Å². The Bertz CT molecular complexity index is 473. The first-order valence-electron chi connectivity index (χ1n) is 5.52. The van der Waals surface area contributed by atoms with E-state index in [0.29, 0.717) is 13.1 Å². The van der Waals surface area contributed by atoms with E-state index < -0.39 is 0 Å². The van der Waals surface area contributed by atoms with Crippen molar-refractivity contribution < 1.29 is 4.79 Å². The van der Waals surface area contributed by atoms with E-state index in [1.807, 2.05) is 20.8 Å². The van der Waals surface area contributed by atoms with E-state index in [-0.39, 0.29) is 17.3 Å². The molecule has 94 valence electrons. The standard InChI is InChI=1S/C12H18N2O2S/c1-5-13(6-9(2)3)11(15)7-14-10(4)8-17-12(14)16/h8H,2,5-7H2,1,3-4H3. The van der Waals surface area contributed by atoms with Crippen LogP contribution in [0.3, 0.4) is 0 Å². The SMILES string of the molecule is C=C(C)CN(CC)C(=O)Cn1c(C)csc1=O. The van der Waals surface area contributed by atoms with Crippen molar-refractivity contribution in [1.29, 1.82) is 0 Å². The number of likely N-dealkylation sites (N-methyl/N-ethyl adjacent to an activating group) is 1. The monoisotopic (exact) mass is 254 g/mol. The van der Waals surface area contributed by atoms with E-state index in [9.17, 15) is 9.59 Å². The molecular weight excluding hydrogens is 236 g/mol. The van der Waals surface area contributed by atoms with Crippen molar-refractivity contribution in [3.8, 4) is 0 Å². The molecule has 1 amide bonds. The van der Waals surface area contributed by atoms with Gasteiger partial charge in [-0.05, 0) is 20.8 Å². The van der Waals surface area contributed by atoms with Crippen LogP contribution in [0.25, 0.3) is 0 Å². The third kappa shape index (κ3) is 3.56. The fourth-order valence-electron chi connectivity index (χ4n) is 1.53. The first-order chi connectivity index (χ1) is 7.95. The molecule has 1 aromatic rings. The predicted molar refractivity (Wildman–Crippen MR) is 70.4 cm³/mol. The maximum absolute atomic E-state index is 12.0. The Morgan fingerprint density at radius 1 is 1.59 bits per heavy atom. The summed E-state index contributed by atoms with van der Waals surface area (Å²) < 4.78 is 1.51. The average molecular weight is 254 g/mol. The van der Waals surface area contributed by atoms with E-state index in [2.05, 4.69) is 6.58 Å². The fraction of sp³-hybridized carbons (Fsp3) is 0.500. The number of aryl methyl sites for hydroxylation is 1. The molecule has 0 atom stereocenters. The van der Waals surface area contributed by atoms with Gasteiger partial charge < -0.3 is 4.90 Å². The van der Waals surface area contributed by atoms with Gasteiger partial charge in [-0.25, -0.2) is 0 Å². The molecule has 0 N–H and O–H groups in total. The molecule has 0 radical (unpaired) electrons. The minimum atomic E-state index is -0.0813. The van der Waals surface area contributed by atoms with E-state index in [0.717, 1.165) is 22.6 Å². The lowest BCUT2D eigenvalue weighted by Gasteiger charge is -2.21. The summed E-state index contributed by atoms with van der Waals surface area (Å²) in [7, 11) is 0. The molecule has 0 fully saturated rings. The molecule has 5 heteroatoms. The van der Waals surface area contributed by atoms with E-state index in [1.165, 1.54) is 4.57 Å². The van der Waals surface area contributed by atoms with Crippen LogP contribution < -0.4 is 4.87 Å². The summed E-state index contributed by atoms with van der Waals surface area (Å²) >= 11 is 1.13. The number of rotatable bonds is 5. The molecule has 0 aliphatic rings. The van der Waals surface area contributed by atoms with Crippen molar-refractivity contribution in [1.82, 2.24) is 9.47 Å². The number of hydrogen-bond donors (Lipinski definition) is 0. The first kappa shape index (κ1) is 13.7. The summed E-state index contributed by atoms with van der Waals surface area (Å²) in [5, 5.41) is 1.77. The van der Waals surface area contributed by atoms with Gasteiger partial charge in [-0.2, -0.15) is 0 Å². The van der Waals surface area contributed by atoms with Crippen molar-refractivity contribution in [2.45, 2.75) is 27.3 Å². The molecule has 0 aliphatic heterocycles. The predicted octanol–water partition coefficient (Wildman–Crippen LogP) is 1.64. The highest BCUT2D eigenvalue weighted by molar-refractivity contribution is 7.07. The van der Waals surface area contributed by atoms with Gasteiger partial charge in [-0.15, -0.1) is 0 Å². The molecule has 1 rings (SSSR count). The van der Waals surface area contributed by atoms with Crippen LogP contribution in [0.5, 0.6) is 0 Å². The van der Waals surface area contributed by atoms with Crippen molar-refractivity contribution in [2.75, 3.05) is 13.1 Å². The number of hydrogen-bond acceptors (Lipinski definition) is 3. The van der Waals surface area contributed by atoms with Gasteiger partial charge in [0.1, 0.15) is 6.54 Å². The van der Waals surface area contributed by atoms with Gasteiger partial charge >= 0.3 is 4.87 Å². The van der Waals surface area contributed by atoms with E-state index >= 15 is 0 Å². The molecule has 17 heavy (non-hydrogen) atoms. The van der Waals surface area contributed by atoms with Crippen LogP contribution in [0, 0.1) is 6.92 Å². The Hall–Kier alpha value is -1.36. The average Bonchev–Trinajstić information content (AvgIpc) is 2.57. The number of aromatic nitrogens is 1. The van der Waals surface area contributed by atoms with Crippen LogP contribution in [0.2, 0.25) is 0 Å². The molecule has 0 unspecified atom stereocenters. The number of carbonyl (C=O) groups is 1. The number of nitrogens with zero attached hydrogens (tertiary/aromatic N) is 2. The molecule has 0 aliphatic carbocycles. The highest BCUT2D eigenvalue weighted by Gasteiger charge is 2.14. The second-order valence-electron chi connectivity index (χ2n) is 4.09. The number of amides is 1. The van der Waals surface area contributed by atoms with Gasteiger partial charge in [0.25, 0.3) is 0 Å². The van der Waals surface area contributed by atoms with Gasteiger partial charge in [-0.3, -0.25) is 14.2 Å². The van der Waals surface area contributed by atoms with Gasteiger partial charge in [0, 0.05) is 24.2 Å². The van der Waals surface area contributed by atoms with Crippen LogP contribution in [-0.4, -0.2) is 28.5 Å². The summed E-state index contributed by atoms with van der Waals surface area (Å²) in [4.78, 5) is 25.1. The van der Waals surface area contributed by atoms with E-state index in [1.54, 1.807) is 10.3 Å². The molecule has 0 saturated carbocycles. The summed E-state index contributed by atoms with van der Waals surface area (Å²) in [6.45, 7) is 10.7. The Kier molecular flexibility index (Phi) is 4.69. The molecule has 0 aromatic carbocycles. The largest absolute Gasteiger partial charge is 0.337 e. The van der Waals surface area contributed by atoms with Crippen LogP contribution in [0.15, 0.2) is 22.3 Å². The lowest BCUT2D eigenvalue weighted by Crippen LogP contribution is -2.36. The summed E-state index contributed by atoms with van der Waals surface area (Å²) in [5.41, 5.74) is 1.77. The minimum Gasteiger partial charge on any atom is -0.337 e. The Balaban J connectivity index is 2.77. The van der Waals surface area contributed by atoms with Crippen molar-refractivity contribution in [3.63, 3.8) is 0 Å². The smallest absolute Gasteiger partial charge is 0.307 e. The molecule has 0 saturated heterocycles. The number of carbonyl (C=O) groups excluding carboxylic acids is 1. The molecule has 0 bridgehead atoms. The fourth-order valence-corrected chi connectivity index (χ4v) is 2.27. The maximum atomic E-state index is 12.0. The third-order valence-electron chi connectivity index (χ3n) is 2.47. The topological polar surface area (TPSA) is 42.3 Å². The quantitative estimate of drug-likeness (QED) is 0.750.